The normalized spacial score (nSPS) is 20.3. The van der Waals surface area contributed by atoms with Crippen LogP contribution in [0.25, 0.3) is 11.1 Å². The monoisotopic (exact) mass is 408 g/mol. The van der Waals surface area contributed by atoms with Crippen molar-refractivity contribution in [3.8, 4) is 22.6 Å². The summed E-state index contributed by atoms with van der Waals surface area (Å²) in [5, 5.41) is 1.63. The van der Waals surface area contributed by atoms with Gasteiger partial charge in [0.15, 0.2) is 11.5 Å². The van der Waals surface area contributed by atoms with Crippen molar-refractivity contribution in [3.63, 3.8) is 0 Å². The Morgan fingerprint density at radius 2 is 1.41 bits per heavy atom. The lowest BCUT2D eigenvalue weighted by Crippen LogP contribution is -2.27. The predicted molar refractivity (Wildman–Crippen MR) is 123 cm³/mol. The summed E-state index contributed by atoms with van der Waals surface area (Å²) in [6.45, 7) is 2.56. The van der Waals surface area contributed by atoms with Crippen molar-refractivity contribution in [3.05, 3.63) is 42.0 Å². The second-order valence-corrected chi connectivity index (χ2v) is 11.8. The Morgan fingerprint density at radius 1 is 0.759 bits per heavy atom. The minimum Gasteiger partial charge on any atom is -0.454 e. The number of aryl methyl sites for hydroxylation is 1. The molecule has 0 amide bonds. The van der Waals surface area contributed by atoms with Gasteiger partial charge in [-0.3, -0.25) is 0 Å². The van der Waals surface area contributed by atoms with Crippen LogP contribution in [0, 0.1) is 6.92 Å². The van der Waals surface area contributed by atoms with Gasteiger partial charge in [0.05, 0.1) is 0 Å². The molecule has 3 heteroatoms. The molecule has 5 rings (SSSR count). The summed E-state index contributed by atoms with van der Waals surface area (Å²) in [4.78, 5) is 0. The molecule has 154 valence electrons. The van der Waals surface area contributed by atoms with E-state index in [9.17, 15) is 0 Å². The van der Waals surface area contributed by atoms with Crippen molar-refractivity contribution in [2.24, 2.45) is 0 Å². The van der Waals surface area contributed by atoms with Gasteiger partial charge in [0, 0.05) is 5.56 Å². The Morgan fingerprint density at radius 3 is 2.10 bits per heavy atom. The average molecular weight is 409 g/mol. The number of hydrogen-bond acceptors (Lipinski definition) is 2. The summed E-state index contributed by atoms with van der Waals surface area (Å²) < 4.78 is 11.7. The number of hydrogen-bond donors (Lipinski definition) is 0. The van der Waals surface area contributed by atoms with Gasteiger partial charge in [-0.15, -0.1) is 0 Å². The average Bonchev–Trinajstić information content (AvgIpc) is 3.25. The van der Waals surface area contributed by atoms with E-state index in [1.807, 2.05) is 0 Å². The van der Waals surface area contributed by atoms with Gasteiger partial charge in [0.2, 0.25) is 6.79 Å². The lowest BCUT2D eigenvalue weighted by Gasteiger charge is -2.39. The molecule has 2 aliphatic carbocycles. The first-order chi connectivity index (χ1) is 14.3. The van der Waals surface area contributed by atoms with Crippen molar-refractivity contribution in [1.82, 2.24) is 0 Å². The molecule has 0 atom stereocenters. The van der Waals surface area contributed by atoms with Crippen LogP contribution in [-0.2, 0) is 0 Å². The Balaban J connectivity index is 1.62. The van der Waals surface area contributed by atoms with Crippen molar-refractivity contribution in [2.75, 3.05) is 6.79 Å². The van der Waals surface area contributed by atoms with Crippen molar-refractivity contribution < 1.29 is 9.47 Å². The van der Waals surface area contributed by atoms with Crippen LogP contribution in [-0.4, -0.2) is 18.1 Å². The molecule has 0 radical (unpaired) electrons. The molecule has 29 heavy (non-hydrogen) atoms. The van der Waals surface area contributed by atoms with Gasteiger partial charge in [0.25, 0.3) is 0 Å². The first kappa shape index (κ1) is 19.4. The van der Waals surface area contributed by atoms with Crippen LogP contribution in [0.3, 0.4) is 0 Å². The van der Waals surface area contributed by atoms with Gasteiger partial charge in [-0.1, -0.05) is 76.8 Å². The molecule has 2 aromatic carbocycles. The summed E-state index contributed by atoms with van der Waals surface area (Å²) in [6.07, 6.45) is 14.3. The maximum Gasteiger partial charge on any atom is 0.231 e. The van der Waals surface area contributed by atoms with E-state index in [1.165, 1.54) is 80.9 Å². The number of rotatable bonds is 4. The fourth-order valence-electron chi connectivity index (χ4n) is 5.73. The second-order valence-electron chi connectivity index (χ2n) is 9.00. The Bertz CT molecular complexity index is 832. The number of fused-ring (bicyclic) bond motifs is 1. The van der Waals surface area contributed by atoms with E-state index in [-0.39, 0.29) is 7.92 Å². The lowest BCUT2D eigenvalue weighted by atomic mass is 9.98. The highest BCUT2D eigenvalue weighted by molar-refractivity contribution is 7.67. The number of ether oxygens (including phenoxy) is 2. The van der Waals surface area contributed by atoms with Crippen molar-refractivity contribution >= 4 is 13.2 Å². The van der Waals surface area contributed by atoms with Crippen molar-refractivity contribution in [1.29, 1.82) is 0 Å². The first-order valence-electron chi connectivity index (χ1n) is 11.6. The minimum absolute atomic E-state index is 0.152. The highest BCUT2D eigenvalue weighted by Crippen LogP contribution is 2.57. The zero-order chi connectivity index (χ0) is 19.6. The molecule has 0 bridgehead atoms. The van der Waals surface area contributed by atoms with Gasteiger partial charge in [-0.25, -0.2) is 0 Å². The maximum absolute atomic E-state index is 5.98. The highest BCUT2D eigenvalue weighted by atomic mass is 31.1. The van der Waals surface area contributed by atoms with E-state index in [2.05, 4.69) is 43.3 Å². The van der Waals surface area contributed by atoms with Gasteiger partial charge >= 0.3 is 0 Å². The Labute approximate surface area is 176 Å². The standard InChI is InChI=1S/C26H33O2P/c1-19-16-17-23-26(28-18-27-23)25(19)22-14-8-9-15-24(22)29(20-10-4-2-5-11-20)21-12-6-3-7-13-21/h8-9,14-17,20-21H,2-7,10-13,18H2,1H3. The minimum atomic E-state index is -0.152. The molecule has 0 saturated heterocycles. The summed E-state index contributed by atoms with van der Waals surface area (Å²) >= 11 is 0. The van der Waals surface area contributed by atoms with Gasteiger partial charge in [-0.05, 0) is 66.4 Å². The van der Waals surface area contributed by atoms with Gasteiger partial charge < -0.3 is 9.47 Å². The fraction of sp³-hybridized carbons (Fsp3) is 0.538. The zero-order valence-corrected chi connectivity index (χ0v) is 18.6. The Hall–Kier alpha value is -1.53. The van der Waals surface area contributed by atoms with E-state index in [0.29, 0.717) is 6.79 Å². The van der Waals surface area contributed by atoms with E-state index >= 15 is 0 Å². The molecule has 2 fully saturated rings. The maximum atomic E-state index is 5.98. The SMILES string of the molecule is Cc1ccc2c(c1-c1ccccc1P(C1CCCCC1)C1CCCCC1)OCO2. The third kappa shape index (κ3) is 3.81. The molecular weight excluding hydrogens is 375 g/mol. The predicted octanol–water partition coefficient (Wildman–Crippen LogP) is 7.16. The third-order valence-corrected chi connectivity index (χ3v) is 10.7. The molecule has 2 nitrogen and oxygen atoms in total. The number of benzene rings is 2. The molecule has 2 aromatic rings. The van der Waals surface area contributed by atoms with Crippen LogP contribution in [0.15, 0.2) is 36.4 Å². The van der Waals surface area contributed by atoms with Crippen LogP contribution in [0.4, 0.5) is 0 Å². The van der Waals surface area contributed by atoms with Crippen LogP contribution >= 0.6 is 7.92 Å². The van der Waals surface area contributed by atoms with Crippen LogP contribution in [0.1, 0.15) is 69.8 Å². The van der Waals surface area contributed by atoms with Crippen LogP contribution in [0.5, 0.6) is 11.5 Å². The summed E-state index contributed by atoms with van der Waals surface area (Å²) in [5.41, 5.74) is 5.78. The van der Waals surface area contributed by atoms with Crippen molar-refractivity contribution in [2.45, 2.75) is 82.4 Å². The summed E-state index contributed by atoms with van der Waals surface area (Å²) in [5.74, 6) is 1.86. The molecule has 3 aliphatic rings. The molecule has 1 aliphatic heterocycles. The smallest absolute Gasteiger partial charge is 0.231 e. The molecule has 0 aromatic heterocycles. The van der Waals surface area contributed by atoms with Gasteiger partial charge in [0.1, 0.15) is 0 Å². The largest absolute Gasteiger partial charge is 0.454 e. The molecule has 1 heterocycles. The second kappa shape index (κ2) is 8.68. The van der Waals surface area contributed by atoms with E-state index in [1.54, 1.807) is 5.30 Å². The summed E-state index contributed by atoms with van der Waals surface area (Å²) in [6, 6.07) is 13.6. The molecule has 0 N–H and O–H groups in total. The third-order valence-electron chi connectivity index (χ3n) is 7.14. The Kier molecular flexibility index (Phi) is 5.82. The highest BCUT2D eigenvalue weighted by Gasteiger charge is 2.34. The summed E-state index contributed by atoms with van der Waals surface area (Å²) in [7, 11) is -0.152. The first-order valence-corrected chi connectivity index (χ1v) is 13.1. The van der Waals surface area contributed by atoms with E-state index in [4.69, 9.17) is 9.47 Å². The lowest BCUT2D eigenvalue weighted by molar-refractivity contribution is 0.174. The molecular formula is C26H33O2P. The molecule has 2 saturated carbocycles. The quantitative estimate of drug-likeness (QED) is 0.500. The molecule has 0 unspecified atom stereocenters. The van der Waals surface area contributed by atoms with E-state index < -0.39 is 0 Å². The van der Waals surface area contributed by atoms with Crippen LogP contribution in [0.2, 0.25) is 0 Å². The topological polar surface area (TPSA) is 18.5 Å². The fourth-order valence-corrected chi connectivity index (χ4v) is 9.67. The zero-order valence-electron chi connectivity index (χ0n) is 17.7. The van der Waals surface area contributed by atoms with E-state index in [0.717, 1.165) is 22.8 Å². The van der Waals surface area contributed by atoms with Gasteiger partial charge in [-0.2, -0.15) is 0 Å². The molecule has 0 spiro atoms. The van der Waals surface area contributed by atoms with Crippen LogP contribution < -0.4 is 14.8 Å².